The smallest absolute Gasteiger partial charge is 0.261 e. The molecule has 0 saturated heterocycles. The molecule has 0 unspecified atom stereocenters. The molecule has 1 aromatic carbocycles. The maximum absolute atomic E-state index is 12.1. The highest BCUT2D eigenvalue weighted by molar-refractivity contribution is 7.17. The van der Waals surface area contributed by atoms with Gasteiger partial charge in [-0.05, 0) is 19.1 Å². The zero-order valence-corrected chi connectivity index (χ0v) is 11.9. The topological polar surface area (TPSA) is 81.0 Å². The lowest BCUT2D eigenvalue weighted by atomic mass is 10.0. The zero-order valence-electron chi connectivity index (χ0n) is 11.1. The molecule has 0 fully saturated rings. The molecule has 0 saturated carbocycles. The summed E-state index contributed by atoms with van der Waals surface area (Å²) in [4.78, 5) is 19.5. The minimum Gasteiger partial charge on any atom is -0.496 e. The van der Waals surface area contributed by atoms with E-state index in [9.17, 15) is 4.79 Å². The van der Waals surface area contributed by atoms with E-state index >= 15 is 0 Å². The summed E-state index contributed by atoms with van der Waals surface area (Å²) in [6.45, 7) is 2.00. The van der Waals surface area contributed by atoms with Crippen molar-refractivity contribution in [3.05, 3.63) is 39.5 Å². The molecular formula is C14H13N3O2S. The van der Waals surface area contributed by atoms with Gasteiger partial charge in [0.05, 0.1) is 12.5 Å². The highest BCUT2D eigenvalue weighted by Gasteiger charge is 2.15. The molecule has 3 aromatic rings. The first kappa shape index (κ1) is 12.7. The average molecular weight is 287 g/mol. The number of hydrogen-bond acceptors (Lipinski definition) is 5. The van der Waals surface area contributed by atoms with Gasteiger partial charge in [-0.2, -0.15) is 0 Å². The fourth-order valence-electron chi connectivity index (χ4n) is 2.20. The predicted molar refractivity (Wildman–Crippen MR) is 81.4 cm³/mol. The Morgan fingerprint density at radius 2 is 2.15 bits per heavy atom. The number of ether oxygens (including phenoxy) is 1. The van der Waals surface area contributed by atoms with Gasteiger partial charge in [0.1, 0.15) is 10.6 Å². The summed E-state index contributed by atoms with van der Waals surface area (Å²) >= 11 is 1.40. The minimum atomic E-state index is -0.229. The molecule has 0 amide bonds. The van der Waals surface area contributed by atoms with E-state index < -0.39 is 0 Å². The summed E-state index contributed by atoms with van der Waals surface area (Å²) in [7, 11) is 1.61. The van der Waals surface area contributed by atoms with Gasteiger partial charge >= 0.3 is 0 Å². The van der Waals surface area contributed by atoms with E-state index in [-0.39, 0.29) is 11.5 Å². The molecule has 5 nitrogen and oxygen atoms in total. The number of benzene rings is 1. The Balaban J connectivity index is 2.36. The summed E-state index contributed by atoms with van der Waals surface area (Å²) in [6, 6.07) is 5.86. The van der Waals surface area contributed by atoms with Crippen LogP contribution < -0.4 is 16.0 Å². The monoisotopic (exact) mass is 287 g/mol. The first-order chi connectivity index (χ1) is 9.60. The number of methoxy groups -OCH3 is 1. The largest absolute Gasteiger partial charge is 0.496 e. The van der Waals surface area contributed by atoms with Gasteiger partial charge in [-0.25, -0.2) is 4.98 Å². The number of anilines is 1. The van der Waals surface area contributed by atoms with Crippen LogP contribution in [-0.4, -0.2) is 17.1 Å². The minimum absolute atomic E-state index is 0.132. The standard InChI is InChI=1S/C14H13N3O2S/c1-7-3-4-10(19-2)8(5-7)9-6-20-13-11(9)12(18)16-14(15)17-13/h3-6H,1-2H3,(H3,15,16,17,18). The Hall–Kier alpha value is -2.34. The van der Waals surface area contributed by atoms with Gasteiger partial charge in [0, 0.05) is 16.5 Å². The van der Waals surface area contributed by atoms with E-state index in [1.54, 1.807) is 7.11 Å². The number of aromatic nitrogens is 2. The Kier molecular flexibility index (Phi) is 2.94. The van der Waals surface area contributed by atoms with Gasteiger partial charge < -0.3 is 10.5 Å². The number of fused-ring (bicyclic) bond motifs is 1. The molecule has 0 radical (unpaired) electrons. The molecule has 6 heteroatoms. The van der Waals surface area contributed by atoms with Crippen LogP contribution in [0.15, 0.2) is 28.4 Å². The fourth-order valence-corrected chi connectivity index (χ4v) is 3.14. The van der Waals surface area contributed by atoms with E-state index in [0.717, 1.165) is 22.4 Å². The molecule has 3 rings (SSSR count). The summed E-state index contributed by atoms with van der Waals surface area (Å²) in [5.74, 6) is 0.860. The van der Waals surface area contributed by atoms with E-state index in [0.29, 0.717) is 10.2 Å². The van der Waals surface area contributed by atoms with Crippen molar-refractivity contribution in [2.24, 2.45) is 0 Å². The van der Waals surface area contributed by atoms with Gasteiger partial charge in [0.15, 0.2) is 0 Å². The summed E-state index contributed by atoms with van der Waals surface area (Å²) in [5.41, 5.74) is 8.14. The van der Waals surface area contributed by atoms with Crippen LogP contribution in [0.1, 0.15) is 5.56 Å². The number of nitrogen functional groups attached to an aromatic ring is 1. The van der Waals surface area contributed by atoms with Crippen LogP contribution in [0.3, 0.4) is 0 Å². The van der Waals surface area contributed by atoms with Gasteiger partial charge in [-0.3, -0.25) is 9.78 Å². The van der Waals surface area contributed by atoms with Crippen molar-refractivity contribution in [1.82, 2.24) is 9.97 Å². The average Bonchev–Trinajstić information content (AvgIpc) is 2.82. The molecule has 102 valence electrons. The molecule has 2 heterocycles. The molecule has 0 atom stereocenters. The Labute approximate surface area is 119 Å². The number of hydrogen-bond donors (Lipinski definition) is 2. The lowest BCUT2D eigenvalue weighted by molar-refractivity contribution is 0.416. The van der Waals surface area contributed by atoms with Crippen molar-refractivity contribution in [2.45, 2.75) is 6.92 Å². The molecule has 0 bridgehead atoms. The quantitative estimate of drug-likeness (QED) is 0.759. The highest BCUT2D eigenvalue weighted by Crippen LogP contribution is 2.37. The lowest BCUT2D eigenvalue weighted by Gasteiger charge is -2.08. The Morgan fingerprint density at radius 3 is 2.90 bits per heavy atom. The first-order valence-corrected chi connectivity index (χ1v) is 6.90. The van der Waals surface area contributed by atoms with Crippen molar-refractivity contribution in [3.8, 4) is 16.9 Å². The van der Waals surface area contributed by atoms with Crippen LogP contribution in [0, 0.1) is 6.92 Å². The number of H-pyrrole nitrogens is 1. The lowest BCUT2D eigenvalue weighted by Crippen LogP contribution is -2.10. The number of rotatable bonds is 2. The zero-order chi connectivity index (χ0) is 14.3. The third-order valence-corrected chi connectivity index (χ3v) is 3.98. The number of nitrogens with zero attached hydrogens (tertiary/aromatic N) is 1. The van der Waals surface area contributed by atoms with Crippen molar-refractivity contribution in [1.29, 1.82) is 0 Å². The first-order valence-electron chi connectivity index (χ1n) is 6.02. The molecule has 20 heavy (non-hydrogen) atoms. The van der Waals surface area contributed by atoms with E-state index in [1.165, 1.54) is 11.3 Å². The van der Waals surface area contributed by atoms with Gasteiger partial charge in [0.2, 0.25) is 5.95 Å². The Bertz CT molecular complexity index is 851. The Morgan fingerprint density at radius 1 is 1.35 bits per heavy atom. The van der Waals surface area contributed by atoms with Crippen molar-refractivity contribution < 1.29 is 4.74 Å². The van der Waals surface area contributed by atoms with E-state index in [4.69, 9.17) is 10.5 Å². The van der Waals surface area contributed by atoms with E-state index in [1.807, 2.05) is 30.5 Å². The SMILES string of the molecule is COc1ccc(C)cc1-c1csc2nc(N)[nH]c(=O)c12. The summed E-state index contributed by atoms with van der Waals surface area (Å²) in [5, 5.41) is 2.46. The number of nitrogens with one attached hydrogen (secondary N) is 1. The third-order valence-electron chi connectivity index (χ3n) is 3.11. The van der Waals surface area contributed by atoms with Crippen LogP contribution >= 0.6 is 11.3 Å². The molecule has 2 aromatic heterocycles. The normalized spacial score (nSPS) is 10.9. The van der Waals surface area contributed by atoms with Crippen LogP contribution in [-0.2, 0) is 0 Å². The number of aryl methyl sites for hydroxylation is 1. The van der Waals surface area contributed by atoms with Crippen molar-refractivity contribution in [3.63, 3.8) is 0 Å². The van der Waals surface area contributed by atoms with Crippen LogP contribution in [0.4, 0.5) is 5.95 Å². The number of nitrogens with two attached hydrogens (primary N) is 1. The maximum Gasteiger partial charge on any atom is 0.261 e. The van der Waals surface area contributed by atoms with Crippen molar-refractivity contribution >= 4 is 27.5 Å². The van der Waals surface area contributed by atoms with Crippen LogP contribution in [0.2, 0.25) is 0 Å². The second-order valence-corrected chi connectivity index (χ2v) is 5.34. The summed E-state index contributed by atoms with van der Waals surface area (Å²) in [6.07, 6.45) is 0. The highest BCUT2D eigenvalue weighted by atomic mass is 32.1. The van der Waals surface area contributed by atoms with E-state index in [2.05, 4.69) is 9.97 Å². The van der Waals surface area contributed by atoms with Gasteiger partial charge in [-0.15, -0.1) is 11.3 Å². The van der Waals surface area contributed by atoms with Crippen LogP contribution in [0.5, 0.6) is 5.75 Å². The van der Waals surface area contributed by atoms with Crippen molar-refractivity contribution in [2.75, 3.05) is 12.8 Å². The number of aromatic amines is 1. The van der Waals surface area contributed by atoms with Gasteiger partial charge in [-0.1, -0.05) is 11.6 Å². The number of thiophene rings is 1. The summed E-state index contributed by atoms with van der Waals surface area (Å²) < 4.78 is 5.38. The van der Waals surface area contributed by atoms with Crippen LogP contribution in [0.25, 0.3) is 21.3 Å². The second-order valence-electron chi connectivity index (χ2n) is 4.48. The molecular weight excluding hydrogens is 274 g/mol. The second kappa shape index (κ2) is 4.64. The van der Waals surface area contributed by atoms with Gasteiger partial charge in [0.25, 0.3) is 5.56 Å². The maximum atomic E-state index is 12.1. The third kappa shape index (κ3) is 1.94. The molecule has 0 aliphatic rings. The predicted octanol–water partition coefficient (Wildman–Crippen LogP) is 2.55. The molecule has 0 aliphatic carbocycles. The fraction of sp³-hybridized carbons (Fsp3) is 0.143. The molecule has 3 N–H and O–H groups in total. The molecule has 0 spiro atoms. The molecule has 0 aliphatic heterocycles.